The molecule has 0 heterocycles. The van der Waals surface area contributed by atoms with Crippen LogP contribution in [0.15, 0.2) is 0 Å². The zero-order chi connectivity index (χ0) is 14.3. The van der Waals surface area contributed by atoms with Crippen LogP contribution in [0.3, 0.4) is 0 Å². The van der Waals surface area contributed by atoms with Gasteiger partial charge in [-0.15, -0.1) is 0 Å². The standard InChI is InChI=1S/Ba.12O.Sr.4Ta/q+2;;;;;;;;;4*-1;+2;;;;. The second-order valence-electron chi connectivity index (χ2n) is 0.894. The molecule has 0 saturated heterocycles. The molecular weight excluding hydrogens is 1140 g/mol. The molecule has 0 N–H and O–H groups in total. The smallest absolute Gasteiger partial charge is 2.00 e. The van der Waals surface area contributed by atoms with Crippen molar-refractivity contribution in [3.05, 3.63) is 0 Å². The molecule has 0 fully saturated rings. The van der Waals surface area contributed by atoms with E-state index >= 15 is 0 Å². The fraction of sp³-hybridized carbons (Fsp3) is 0. The van der Waals surface area contributed by atoms with Gasteiger partial charge in [-0.3, -0.25) is 0 Å². The molecule has 0 radical (unpaired) electrons. The third-order valence-electron chi connectivity index (χ3n) is 0. The summed E-state index contributed by atoms with van der Waals surface area (Å²) in [6.45, 7) is 0. The Bertz CT molecular complexity index is 298. The summed E-state index contributed by atoms with van der Waals surface area (Å²) in [5.74, 6) is 0. The van der Waals surface area contributed by atoms with E-state index in [2.05, 4.69) is 0 Å². The molecule has 0 rings (SSSR count). The first-order valence-corrected chi connectivity index (χ1v) is 17.9. The minimum absolute atomic E-state index is 0. The molecule has 18 heavy (non-hydrogen) atoms. The summed E-state index contributed by atoms with van der Waals surface area (Å²) in [5, 5.41) is 0. The second kappa shape index (κ2) is 33.0. The summed E-state index contributed by atoms with van der Waals surface area (Å²) in [4.78, 5) is 0. The van der Waals surface area contributed by atoms with Crippen LogP contribution >= 0.6 is 0 Å². The van der Waals surface area contributed by atoms with E-state index in [1.54, 1.807) is 0 Å². The largest absolute Gasteiger partial charge is 2.00 e. The van der Waals surface area contributed by atoms with E-state index in [0.29, 0.717) is 0 Å². The molecule has 0 bridgehead atoms. The Kier molecular flexibility index (Phi) is 69.8. The van der Waals surface area contributed by atoms with Gasteiger partial charge in [0.25, 0.3) is 0 Å². The van der Waals surface area contributed by atoms with Crippen LogP contribution in [-0.2, 0) is 101 Å². The molecule has 0 aromatic heterocycles. The van der Waals surface area contributed by atoms with E-state index in [0.717, 1.165) is 0 Å². The molecule has 96 valence electrons. The van der Waals surface area contributed by atoms with Gasteiger partial charge < -0.3 is 0 Å². The number of rotatable bonds is 0. The van der Waals surface area contributed by atoms with Gasteiger partial charge in [0, 0.05) is 0 Å². The molecule has 12 nitrogen and oxygen atoms in total. The molecule has 0 aliphatic carbocycles. The van der Waals surface area contributed by atoms with Gasteiger partial charge in [0.1, 0.15) is 0 Å². The Labute approximate surface area is 204 Å². The Morgan fingerprint density at radius 2 is 0.444 bits per heavy atom. The van der Waals surface area contributed by atoms with E-state index in [4.69, 9.17) is 40.5 Å². The van der Waals surface area contributed by atoms with Crippen LogP contribution in [0.25, 0.3) is 0 Å². The third-order valence-corrected chi connectivity index (χ3v) is 0. The van der Waals surface area contributed by atoms with Crippen molar-refractivity contribution in [2.24, 2.45) is 0 Å². The van der Waals surface area contributed by atoms with Crippen molar-refractivity contribution >= 4 is 94.4 Å². The minimum atomic E-state index is -4.34. The molecule has 0 aromatic rings. The monoisotopic (exact) mass is 1140 g/mol. The molecule has 0 spiro atoms. The van der Waals surface area contributed by atoms with Crippen molar-refractivity contribution in [2.75, 3.05) is 0 Å². The second-order valence-corrected chi connectivity index (χ2v) is 7.32. The van der Waals surface area contributed by atoms with Crippen molar-refractivity contribution in [3.8, 4) is 0 Å². The van der Waals surface area contributed by atoms with Crippen molar-refractivity contribution < 1.29 is 116 Å². The van der Waals surface area contributed by atoms with Gasteiger partial charge in [0.15, 0.2) is 0 Å². The average Bonchev–Trinajstić information content (AvgIpc) is 1.76. The molecule has 0 aromatic carbocycles. The normalized spacial score (nSPS) is 5.56. The minimum Gasteiger partial charge on any atom is 2.00 e. The summed E-state index contributed by atoms with van der Waals surface area (Å²) >= 11 is -17.4. The Hall–Kier alpha value is 4.25. The average molecular weight is 1140 g/mol. The number of hydrogen-bond acceptors (Lipinski definition) is 12. The Balaban J connectivity index is -0.0000000257. The van der Waals surface area contributed by atoms with Crippen molar-refractivity contribution in [2.45, 2.75) is 0 Å². The van der Waals surface area contributed by atoms with Crippen LogP contribution in [0.4, 0.5) is 0 Å². The van der Waals surface area contributed by atoms with E-state index in [9.17, 15) is 0 Å². The van der Waals surface area contributed by atoms with Crippen molar-refractivity contribution in [1.29, 1.82) is 0 Å². The predicted molar refractivity (Wildman–Crippen MR) is 17.0 cm³/mol. The van der Waals surface area contributed by atoms with Crippen LogP contribution in [0.1, 0.15) is 0 Å². The first kappa shape index (κ1) is 38.1. The topological polar surface area (TPSA) is 229 Å². The van der Waals surface area contributed by atoms with E-state index < -0.39 is 75.1 Å². The maximum atomic E-state index is 8.62. The van der Waals surface area contributed by atoms with Gasteiger partial charge in [-0.1, -0.05) is 0 Å². The SMILES string of the molecule is [Ba+2].[O]=[Ta](=[O])[O-].[O]=[Ta](=[O])[O-].[O]=[Ta](=[O])[O-].[O]=[Ta](=[O])[O-].[Sr+2]. The molecule has 0 aliphatic rings. The zero-order valence-corrected chi connectivity index (χ0v) is 28.9. The summed E-state index contributed by atoms with van der Waals surface area (Å²) < 4.78 is 103. The van der Waals surface area contributed by atoms with Crippen LogP contribution in [-0.4, -0.2) is 94.4 Å². The first-order valence-electron chi connectivity index (χ1n) is 2.19. The van der Waals surface area contributed by atoms with Gasteiger partial charge >= 0.3 is 210 Å². The van der Waals surface area contributed by atoms with Gasteiger partial charge in [-0.05, 0) is 0 Å². The van der Waals surface area contributed by atoms with Crippen LogP contribution in [0.5, 0.6) is 0 Å². The summed E-state index contributed by atoms with van der Waals surface area (Å²) in [7, 11) is 0. The van der Waals surface area contributed by atoms with Crippen LogP contribution < -0.4 is 14.5 Å². The maximum Gasteiger partial charge on any atom is 2.00 e. The maximum absolute atomic E-state index is 8.62. The summed E-state index contributed by atoms with van der Waals surface area (Å²) in [5.41, 5.74) is 0. The van der Waals surface area contributed by atoms with E-state index in [-0.39, 0.29) is 94.4 Å². The van der Waals surface area contributed by atoms with Gasteiger partial charge in [-0.25, -0.2) is 0 Å². The fourth-order valence-electron chi connectivity index (χ4n) is 0. The van der Waals surface area contributed by atoms with Gasteiger partial charge in [0.2, 0.25) is 0 Å². The summed E-state index contributed by atoms with van der Waals surface area (Å²) in [6.07, 6.45) is 0. The van der Waals surface area contributed by atoms with Gasteiger partial charge in [0.05, 0.1) is 0 Å². The van der Waals surface area contributed by atoms with Crippen LogP contribution in [0.2, 0.25) is 0 Å². The predicted octanol–water partition coefficient (Wildman–Crippen LogP) is -6.48. The molecule has 0 saturated carbocycles. The van der Waals surface area contributed by atoms with Crippen molar-refractivity contribution in [1.82, 2.24) is 0 Å². The number of hydrogen-bond donors (Lipinski definition) is 0. The quantitative estimate of drug-likeness (QED) is 0.207. The molecular formula is BaO12SrTa4. The Morgan fingerprint density at radius 1 is 0.444 bits per heavy atom. The Morgan fingerprint density at radius 3 is 0.444 bits per heavy atom. The first-order chi connectivity index (χ1) is 6.93. The zero-order valence-electron chi connectivity index (χ0n) is 8.10. The molecule has 18 heteroatoms. The van der Waals surface area contributed by atoms with Crippen LogP contribution in [0, 0.1) is 0 Å². The van der Waals surface area contributed by atoms with Gasteiger partial charge in [-0.2, -0.15) is 0 Å². The third kappa shape index (κ3) is 415. The molecule has 0 amide bonds. The fourth-order valence-corrected chi connectivity index (χ4v) is 0. The van der Waals surface area contributed by atoms with Crippen molar-refractivity contribution in [3.63, 3.8) is 0 Å². The molecule has 0 aliphatic heterocycles. The molecule has 0 atom stereocenters. The molecule has 0 unspecified atom stereocenters. The van der Waals surface area contributed by atoms with E-state index in [1.165, 1.54) is 0 Å². The van der Waals surface area contributed by atoms with E-state index in [1.807, 2.05) is 0 Å². The summed E-state index contributed by atoms with van der Waals surface area (Å²) in [6, 6.07) is 0.